The molecule has 0 saturated heterocycles. The number of hydrogen-bond donors (Lipinski definition) is 3. The molecule has 104 valence electrons. The molecule has 0 spiro atoms. The first-order valence-electron chi connectivity index (χ1n) is 5.28. The Labute approximate surface area is 116 Å². The van der Waals surface area contributed by atoms with Crippen molar-refractivity contribution in [2.24, 2.45) is 5.73 Å². The first-order valence-corrected chi connectivity index (χ1v) is 6.16. The first kappa shape index (κ1) is 13.7. The summed E-state index contributed by atoms with van der Waals surface area (Å²) >= 11 is 1.15. The van der Waals surface area contributed by atoms with Crippen molar-refractivity contribution >= 4 is 34.1 Å². The van der Waals surface area contributed by atoms with E-state index in [-0.39, 0.29) is 17.8 Å². The van der Waals surface area contributed by atoms with E-state index in [9.17, 15) is 14.4 Å². The second kappa shape index (κ2) is 5.48. The number of carbonyl (C=O) groups excluding carboxylic acids is 2. The molecule has 4 N–H and O–H groups in total. The number of carboxylic acid groups (broad SMARTS) is 1. The normalized spacial score (nSPS) is 10.2. The summed E-state index contributed by atoms with van der Waals surface area (Å²) in [6.07, 6.45) is 1.13. The van der Waals surface area contributed by atoms with Gasteiger partial charge in [-0.15, -0.1) is 16.4 Å². The number of primary amides is 1. The number of nitrogens with one attached hydrogen (secondary N) is 1. The van der Waals surface area contributed by atoms with Gasteiger partial charge in [0.15, 0.2) is 5.69 Å². The minimum absolute atomic E-state index is 0.216. The van der Waals surface area contributed by atoms with Crippen LogP contribution in [0.15, 0.2) is 17.6 Å². The molecule has 0 radical (unpaired) electrons. The number of thiophene rings is 1. The predicted octanol–water partition coefficient (Wildman–Crippen LogP) is -0.225. The summed E-state index contributed by atoms with van der Waals surface area (Å²) in [7, 11) is 0. The van der Waals surface area contributed by atoms with Crippen molar-refractivity contribution in [3.8, 4) is 0 Å². The highest BCUT2D eigenvalue weighted by Crippen LogP contribution is 2.22. The van der Waals surface area contributed by atoms with Gasteiger partial charge in [0.2, 0.25) is 5.91 Å². The number of rotatable bonds is 5. The van der Waals surface area contributed by atoms with Gasteiger partial charge in [-0.05, 0) is 11.4 Å². The predicted molar refractivity (Wildman–Crippen MR) is 68.4 cm³/mol. The zero-order valence-electron chi connectivity index (χ0n) is 9.94. The smallest absolute Gasteiger partial charge is 0.358 e. The monoisotopic (exact) mass is 295 g/mol. The Balaban J connectivity index is 2.03. The molecule has 10 heteroatoms. The van der Waals surface area contributed by atoms with Gasteiger partial charge in [0.05, 0.1) is 11.8 Å². The van der Waals surface area contributed by atoms with Gasteiger partial charge < -0.3 is 16.2 Å². The van der Waals surface area contributed by atoms with Crippen LogP contribution >= 0.6 is 11.3 Å². The minimum atomic E-state index is -1.23. The number of nitrogens with two attached hydrogens (primary N) is 1. The van der Waals surface area contributed by atoms with E-state index in [0.29, 0.717) is 5.00 Å². The van der Waals surface area contributed by atoms with Crippen LogP contribution in [0.5, 0.6) is 0 Å². The number of hydrogen-bond acceptors (Lipinski definition) is 6. The standard InChI is InChI=1S/C10H9N5O4S/c11-8(17)5-1-2-20-9(5)12-7(16)4-15-3-6(10(18)19)13-14-15/h1-3H,4H2,(H2,11,17)(H,12,16)(H,18,19). The SMILES string of the molecule is NC(=O)c1ccsc1NC(=O)Cn1cc(C(=O)O)nn1. The van der Waals surface area contributed by atoms with Crippen molar-refractivity contribution in [2.45, 2.75) is 6.54 Å². The van der Waals surface area contributed by atoms with E-state index in [1.54, 1.807) is 5.38 Å². The highest BCUT2D eigenvalue weighted by atomic mass is 32.1. The second-order valence-corrected chi connectivity index (χ2v) is 4.60. The number of carboxylic acids is 1. The summed E-state index contributed by atoms with van der Waals surface area (Å²) in [5, 5.41) is 20.0. The molecule has 2 heterocycles. The lowest BCUT2D eigenvalue weighted by Gasteiger charge is -2.03. The van der Waals surface area contributed by atoms with Gasteiger partial charge in [-0.25, -0.2) is 9.48 Å². The molecule has 2 rings (SSSR count). The van der Waals surface area contributed by atoms with Crippen LogP contribution in [-0.2, 0) is 11.3 Å². The van der Waals surface area contributed by atoms with Gasteiger partial charge in [-0.2, -0.15) is 0 Å². The number of aromatic carboxylic acids is 1. The molecule has 0 bridgehead atoms. The van der Waals surface area contributed by atoms with Gasteiger partial charge >= 0.3 is 5.97 Å². The van der Waals surface area contributed by atoms with Gasteiger partial charge in [0.1, 0.15) is 11.5 Å². The Hall–Kier alpha value is -2.75. The summed E-state index contributed by atoms with van der Waals surface area (Å²) in [6, 6.07) is 1.50. The van der Waals surface area contributed by atoms with Crippen molar-refractivity contribution in [1.29, 1.82) is 0 Å². The van der Waals surface area contributed by atoms with Gasteiger partial charge in [-0.3, -0.25) is 9.59 Å². The Kier molecular flexibility index (Phi) is 3.75. The van der Waals surface area contributed by atoms with Crippen LogP contribution in [0.1, 0.15) is 20.8 Å². The average molecular weight is 295 g/mol. The summed E-state index contributed by atoms with van der Waals surface area (Å²) < 4.78 is 1.08. The average Bonchev–Trinajstić information content (AvgIpc) is 2.97. The van der Waals surface area contributed by atoms with Crippen LogP contribution in [-0.4, -0.2) is 37.9 Å². The third-order valence-corrected chi connectivity index (χ3v) is 3.08. The topological polar surface area (TPSA) is 140 Å². The Morgan fingerprint density at radius 1 is 1.45 bits per heavy atom. The molecule has 2 amide bonds. The fourth-order valence-corrected chi connectivity index (χ4v) is 2.20. The van der Waals surface area contributed by atoms with Gasteiger partial charge in [0, 0.05) is 0 Å². The number of nitrogens with zero attached hydrogens (tertiary/aromatic N) is 3. The molecule has 0 fully saturated rings. The van der Waals surface area contributed by atoms with Gasteiger partial charge in [-0.1, -0.05) is 5.21 Å². The lowest BCUT2D eigenvalue weighted by atomic mass is 10.3. The third-order valence-electron chi connectivity index (χ3n) is 2.25. The molecule has 0 saturated carbocycles. The van der Waals surface area contributed by atoms with Crippen LogP contribution in [0.3, 0.4) is 0 Å². The molecule has 0 aliphatic carbocycles. The van der Waals surface area contributed by atoms with E-state index >= 15 is 0 Å². The molecule has 2 aromatic rings. The van der Waals surface area contributed by atoms with Crippen LogP contribution in [0.4, 0.5) is 5.00 Å². The van der Waals surface area contributed by atoms with E-state index in [2.05, 4.69) is 15.6 Å². The number of anilines is 1. The van der Waals surface area contributed by atoms with E-state index in [0.717, 1.165) is 22.2 Å². The Bertz CT molecular complexity index is 677. The van der Waals surface area contributed by atoms with Crippen molar-refractivity contribution < 1.29 is 19.5 Å². The quantitative estimate of drug-likeness (QED) is 0.696. The summed E-state index contributed by atoms with van der Waals surface area (Å²) in [6.45, 7) is -0.226. The van der Waals surface area contributed by atoms with E-state index in [4.69, 9.17) is 10.8 Å². The largest absolute Gasteiger partial charge is 0.476 e. The summed E-state index contributed by atoms with van der Waals surface area (Å²) in [5.41, 5.74) is 5.11. The number of amides is 2. The summed E-state index contributed by atoms with van der Waals surface area (Å²) in [5.74, 6) is -2.35. The van der Waals surface area contributed by atoms with Crippen LogP contribution in [0.25, 0.3) is 0 Å². The maximum absolute atomic E-state index is 11.7. The fourth-order valence-electron chi connectivity index (χ4n) is 1.39. The van der Waals surface area contributed by atoms with Crippen molar-refractivity contribution in [3.63, 3.8) is 0 Å². The maximum Gasteiger partial charge on any atom is 0.358 e. The zero-order valence-corrected chi connectivity index (χ0v) is 10.8. The molecule has 0 unspecified atom stereocenters. The number of carbonyl (C=O) groups is 3. The minimum Gasteiger partial charge on any atom is -0.476 e. The fraction of sp³-hybridized carbons (Fsp3) is 0.100. The van der Waals surface area contributed by atoms with Crippen molar-refractivity contribution in [3.05, 3.63) is 28.9 Å². The highest BCUT2D eigenvalue weighted by Gasteiger charge is 2.14. The van der Waals surface area contributed by atoms with Crippen molar-refractivity contribution in [2.75, 3.05) is 5.32 Å². The lowest BCUT2D eigenvalue weighted by Crippen LogP contribution is -2.21. The van der Waals surface area contributed by atoms with E-state index in [1.165, 1.54) is 6.07 Å². The number of aromatic nitrogens is 3. The molecular weight excluding hydrogens is 286 g/mol. The molecule has 0 aliphatic heterocycles. The Morgan fingerprint density at radius 3 is 2.80 bits per heavy atom. The molecule has 0 aliphatic rings. The molecule has 0 atom stereocenters. The maximum atomic E-state index is 11.7. The third kappa shape index (κ3) is 2.98. The molecule has 20 heavy (non-hydrogen) atoms. The van der Waals surface area contributed by atoms with Crippen LogP contribution in [0.2, 0.25) is 0 Å². The lowest BCUT2D eigenvalue weighted by molar-refractivity contribution is -0.116. The highest BCUT2D eigenvalue weighted by molar-refractivity contribution is 7.14. The van der Waals surface area contributed by atoms with Gasteiger partial charge in [0.25, 0.3) is 5.91 Å². The Morgan fingerprint density at radius 2 is 2.20 bits per heavy atom. The second-order valence-electron chi connectivity index (χ2n) is 3.68. The molecule has 9 nitrogen and oxygen atoms in total. The molecule has 0 aromatic carbocycles. The van der Waals surface area contributed by atoms with Crippen LogP contribution in [0, 0.1) is 0 Å². The molecular formula is C10H9N5O4S. The van der Waals surface area contributed by atoms with E-state index < -0.39 is 17.8 Å². The van der Waals surface area contributed by atoms with E-state index in [1.807, 2.05) is 0 Å². The van der Waals surface area contributed by atoms with Crippen LogP contribution < -0.4 is 11.1 Å². The molecule has 2 aromatic heterocycles. The van der Waals surface area contributed by atoms with Crippen molar-refractivity contribution in [1.82, 2.24) is 15.0 Å². The first-order chi connectivity index (χ1) is 9.47. The summed E-state index contributed by atoms with van der Waals surface area (Å²) in [4.78, 5) is 33.4. The zero-order chi connectivity index (χ0) is 14.7.